The number of aromatic carboxylic acids is 2. The number of fused-ring (bicyclic) bond motifs is 1. The molecule has 8 N–H and O–H groups in total. The fourth-order valence-electron chi connectivity index (χ4n) is 6.19. The topological polar surface area (TPSA) is 391 Å². The molecule has 5 aromatic rings. The smallest absolute Gasteiger partial charge is 0.338 e. The molecule has 0 heterocycles. The van der Waals surface area contributed by atoms with Crippen molar-refractivity contribution in [3.05, 3.63) is 154 Å². The zero-order valence-corrected chi connectivity index (χ0v) is 44.5. The van der Waals surface area contributed by atoms with Crippen molar-refractivity contribution in [2.75, 3.05) is 132 Å². The van der Waals surface area contributed by atoms with Crippen molar-refractivity contribution in [1.82, 2.24) is 0 Å². The van der Waals surface area contributed by atoms with Crippen molar-refractivity contribution in [2.24, 2.45) is 0 Å². The lowest BCUT2D eigenvalue weighted by Crippen LogP contribution is -2.14. The van der Waals surface area contributed by atoms with E-state index in [1.54, 1.807) is 36.4 Å². The third-order valence-electron chi connectivity index (χ3n) is 9.83. The van der Waals surface area contributed by atoms with Crippen molar-refractivity contribution in [2.45, 2.75) is 0 Å². The molecule has 26 heteroatoms. The molecule has 0 aliphatic carbocycles. The van der Waals surface area contributed by atoms with Gasteiger partial charge in [-0.25, -0.2) is 38.4 Å². The average molecular weight is 1160 g/mol. The lowest BCUT2D eigenvalue weighted by atomic mass is 9.99. The molecule has 0 unspecified atom stereocenters. The summed E-state index contributed by atoms with van der Waals surface area (Å²) in [6, 6.07) is 27.4. The first kappa shape index (κ1) is 69.8. The van der Waals surface area contributed by atoms with Gasteiger partial charge in [-0.05, 0) is 77.5 Å². The highest BCUT2D eigenvalue weighted by atomic mass is 16.6. The molecule has 0 aromatic heterocycles. The molecular formula is C56H66O26. The Bertz CT molecular complexity index is 2600. The van der Waals surface area contributed by atoms with Crippen molar-refractivity contribution in [1.29, 1.82) is 0 Å². The molecule has 446 valence electrons. The molecule has 82 heavy (non-hydrogen) atoms. The molecule has 0 aliphatic heterocycles. The largest absolute Gasteiger partial charge is 0.478 e. The number of rotatable bonds is 32. The molecule has 0 aliphatic rings. The van der Waals surface area contributed by atoms with Crippen LogP contribution in [0.3, 0.4) is 0 Å². The molecule has 0 bridgehead atoms. The molecule has 0 saturated heterocycles. The molecule has 0 saturated carbocycles. The second kappa shape index (κ2) is 42.6. The Morgan fingerprint density at radius 2 is 0.598 bits per heavy atom. The molecule has 0 spiro atoms. The first-order valence-corrected chi connectivity index (χ1v) is 24.9. The Morgan fingerprint density at radius 1 is 0.293 bits per heavy atom. The zero-order valence-electron chi connectivity index (χ0n) is 44.5. The number of esters is 6. The summed E-state index contributed by atoms with van der Waals surface area (Å²) in [4.78, 5) is 92.1. The molecule has 0 radical (unpaired) electrons. The van der Waals surface area contributed by atoms with Crippen LogP contribution in [-0.4, -0.2) is 221 Å². The number of aliphatic hydroxyl groups excluding tert-OH is 6. The number of ether oxygens (including phenoxy) is 10. The van der Waals surface area contributed by atoms with Crippen molar-refractivity contribution < 1.29 is 127 Å². The summed E-state index contributed by atoms with van der Waals surface area (Å²) in [5.74, 6) is -5.93. The van der Waals surface area contributed by atoms with E-state index in [2.05, 4.69) is 0 Å². The lowest BCUT2D eigenvalue weighted by molar-refractivity contribution is 0.0249. The Labute approximate surface area is 469 Å². The number of benzene rings is 5. The third-order valence-corrected chi connectivity index (χ3v) is 9.83. The van der Waals surface area contributed by atoms with Crippen LogP contribution in [0.2, 0.25) is 0 Å². The van der Waals surface area contributed by atoms with Crippen LogP contribution in [0.4, 0.5) is 0 Å². The average Bonchev–Trinajstić information content (AvgIpc) is 3.60. The minimum atomic E-state index is -1.23. The molecule has 5 rings (SSSR count). The maximum atomic E-state index is 11.9. The van der Waals surface area contributed by atoms with Crippen molar-refractivity contribution in [3.63, 3.8) is 0 Å². The lowest BCUT2D eigenvalue weighted by Gasteiger charge is -2.08. The van der Waals surface area contributed by atoms with Crippen LogP contribution in [0.1, 0.15) is 82.9 Å². The van der Waals surface area contributed by atoms with Gasteiger partial charge < -0.3 is 88.2 Å². The highest BCUT2D eigenvalue weighted by Gasteiger charge is 2.19. The zero-order chi connectivity index (χ0) is 60.3. The summed E-state index contributed by atoms with van der Waals surface area (Å²) in [7, 11) is 0. The summed E-state index contributed by atoms with van der Waals surface area (Å²) < 4.78 is 49.3. The van der Waals surface area contributed by atoms with Gasteiger partial charge in [-0.1, -0.05) is 42.5 Å². The number of carboxylic acid groups (broad SMARTS) is 2. The predicted molar refractivity (Wildman–Crippen MR) is 285 cm³/mol. The van der Waals surface area contributed by atoms with E-state index >= 15 is 0 Å². The number of hydrogen-bond donors (Lipinski definition) is 8. The second-order valence-corrected chi connectivity index (χ2v) is 15.7. The molecule has 26 nitrogen and oxygen atoms in total. The standard InChI is InChI=1S/2C16H22O8.C12H14O6.C12H8O4/c17-5-7-21-9-11-23-15(19)13-1-2-14(4-3-13)16(20)24-12-10-22-8-6-18;17-4-6-21-8-10-23-15(19)13-2-1-3-14(12-13)16(20)24-11-9-22-7-5-18;13-4-6-17-11(15)9-2-1-3-10(8-9)12(16)18-7-5-14;13-11(14)9-6-5-7-3-1-2-4-8(7)10(9)12(15)16/h1-4,17-18H,5-12H2;1-3,12,17-18H,4-11H2;1-3,8,13-14H,4-7H2;1-6H,(H,13,14)(H,15,16). The Morgan fingerprint density at radius 3 is 0.902 bits per heavy atom. The van der Waals surface area contributed by atoms with E-state index in [1.807, 2.05) is 0 Å². The second-order valence-electron chi connectivity index (χ2n) is 15.7. The Hall–Kier alpha value is -8.28. The molecule has 5 aromatic carbocycles. The van der Waals surface area contributed by atoms with Crippen LogP contribution in [0.25, 0.3) is 10.8 Å². The van der Waals surface area contributed by atoms with Gasteiger partial charge in [0.1, 0.15) is 39.6 Å². The molecular weight excluding hydrogens is 1090 g/mol. The molecule has 0 atom stereocenters. The van der Waals surface area contributed by atoms with Crippen molar-refractivity contribution >= 4 is 58.5 Å². The van der Waals surface area contributed by atoms with E-state index in [-0.39, 0.29) is 166 Å². The van der Waals surface area contributed by atoms with Crippen LogP contribution >= 0.6 is 0 Å². The molecule has 0 amide bonds. The summed E-state index contributed by atoms with van der Waals surface area (Å²) >= 11 is 0. The quantitative estimate of drug-likeness (QED) is 0.0174. The van der Waals surface area contributed by atoms with Gasteiger partial charge in [0.15, 0.2) is 0 Å². The van der Waals surface area contributed by atoms with Gasteiger partial charge in [-0.3, -0.25) is 0 Å². The minimum absolute atomic E-state index is 0.0513. The van der Waals surface area contributed by atoms with E-state index in [0.29, 0.717) is 21.9 Å². The highest BCUT2D eigenvalue weighted by Crippen LogP contribution is 2.23. The highest BCUT2D eigenvalue weighted by molar-refractivity contribution is 6.11. The van der Waals surface area contributed by atoms with Gasteiger partial charge in [-0.15, -0.1) is 0 Å². The fourth-order valence-corrected chi connectivity index (χ4v) is 6.19. The molecule has 0 fully saturated rings. The SMILES string of the molecule is O=C(O)c1ccc2ccccc2c1C(=O)O.O=C(OCCO)c1cccc(C(=O)OCCO)c1.O=C(OCCOCCO)c1ccc(C(=O)OCCOCCO)cc1.O=C(OCCOCCO)c1cccc(C(=O)OCCOCCO)c1. The maximum absolute atomic E-state index is 11.9. The Balaban J connectivity index is 0.000000378. The van der Waals surface area contributed by atoms with Gasteiger partial charge in [0.2, 0.25) is 0 Å². The van der Waals surface area contributed by atoms with E-state index in [0.717, 1.165) is 0 Å². The third kappa shape index (κ3) is 27.7. The normalized spacial score (nSPS) is 10.3. The Kier molecular flexibility index (Phi) is 36.3. The first-order chi connectivity index (χ1) is 39.7. The summed E-state index contributed by atoms with van der Waals surface area (Å²) in [5.41, 5.74) is 1.10. The van der Waals surface area contributed by atoms with Gasteiger partial charge >= 0.3 is 47.8 Å². The maximum Gasteiger partial charge on any atom is 0.338 e. The number of carbonyl (C=O) groups excluding carboxylic acids is 6. The number of aliphatic hydroxyl groups is 6. The van der Waals surface area contributed by atoms with Crippen LogP contribution in [0.5, 0.6) is 0 Å². The van der Waals surface area contributed by atoms with E-state index in [1.165, 1.54) is 72.8 Å². The van der Waals surface area contributed by atoms with E-state index < -0.39 is 47.8 Å². The number of hydrogen-bond acceptors (Lipinski definition) is 24. The monoisotopic (exact) mass is 1150 g/mol. The van der Waals surface area contributed by atoms with Crippen LogP contribution < -0.4 is 0 Å². The van der Waals surface area contributed by atoms with E-state index in [4.69, 9.17) is 88.2 Å². The van der Waals surface area contributed by atoms with Crippen LogP contribution in [0, 0.1) is 0 Å². The summed E-state index contributed by atoms with van der Waals surface area (Å²) in [5, 5.41) is 70.3. The van der Waals surface area contributed by atoms with Crippen LogP contribution in [-0.2, 0) is 47.4 Å². The van der Waals surface area contributed by atoms with Crippen molar-refractivity contribution in [3.8, 4) is 0 Å². The fraction of sp³-hybridized carbons (Fsp3) is 0.357. The van der Waals surface area contributed by atoms with Gasteiger partial charge in [0, 0.05) is 0 Å². The van der Waals surface area contributed by atoms with Gasteiger partial charge in [0.05, 0.1) is 137 Å². The van der Waals surface area contributed by atoms with Crippen LogP contribution in [0.15, 0.2) is 109 Å². The first-order valence-electron chi connectivity index (χ1n) is 24.9. The summed E-state index contributed by atoms with van der Waals surface area (Å²) in [6.07, 6.45) is 0. The predicted octanol–water partition coefficient (Wildman–Crippen LogP) is 2.26. The summed E-state index contributed by atoms with van der Waals surface area (Å²) in [6.45, 7) is 0.710. The van der Waals surface area contributed by atoms with E-state index in [9.17, 15) is 38.4 Å². The number of carboxylic acids is 2. The number of carbonyl (C=O) groups is 8. The minimum Gasteiger partial charge on any atom is -0.478 e. The van der Waals surface area contributed by atoms with Gasteiger partial charge in [-0.2, -0.15) is 0 Å². The van der Waals surface area contributed by atoms with Gasteiger partial charge in [0.25, 0.3) is 0 Å².